The van der Waals surface area contributed by atoms with Crippen LogP contribution in [0.2, 0.25) is 0 Å². The van der Waals surface area contributed by atoms with Gasteiger partial charge in [-0.3, -0.25) is 10.1 Å². The highest BCUT2D eigenvalue weighted by molar-refractivity contribution is 7.89. The average Bonchev–Trinajstić information content (AvgIpc) is 2.47. The van der Waals surface area contributed by atoms with Crippen molar-refractivity contribution in [1.82, 2.24) is 4.31 Å². The fraction of sp³-hybridized carbons (Fsp3) is 0.538. The molecule has 0 heterocycles. The van der Waals surface area contributed by atoms with Crippen LogP contribution in [0.25, 0.3) is 0 Å². The number of rotatable bonds is 8. The number of methoxy groups -OCH3 is 2. The van der Waals surface area contributed by atoms with Gasteiger partial charge in [0, 0.05) is 31.8 Å². The molecular formula is C13H20N2O6S. The van der Waals surface area contributed by atoms with Crippen molar-refractivity contribution in [3.8, 4) is 5.75 Å². The van der Waals surface area contributed by atoms with Gasteiger partial charge in [-0.2, -0.15) is 4.31 Å². The highest BCUT2D eigenvalue weighted by Crippen LogP contribution is 2.31. The zero-order valence-corrected chi connectivity index (χ0v) is 13.8. The average molecular weight is 332 g/mol. The number of hydrogen-bond donors (Lipinski definition) is 0. The first-order valence-electron chi connectivity index (χ1n) is 6.62. The van der Waals surface area contributed by atoms with Gasteiger partial charge in [0.2, 0.25) is 10.0 Å². The van der Waals surface area contributed by atoms with Crippen LogP contribution in [0.4, 0.5) is 5.69 Å². The molecule has 1 rings (SSSR count). The number of ether oxygens (including phenoxy) is 2. The Morgan fingerprint density at radius 2 is 2.00 bits per heavy atom. The molecule has 0 aliphatic rings. The molecule has 0 radical (unpaired) electrons. The van der Waals surface area contributed by atoms with E-state index in [0.29, 0.717) is 0 Å². The van der Waals surface area contributed by atoms with Crippen molar-refractivity contribution >= 4 is 15.7 Å². The molecule has 0 saturated carbocycles. The number of non-ortho nitro benzene ring substituents is 1. The van der Waals surface area contributed by atoms with Crippen molar-refractivity contribution in [1.29, 1.82) is 0 Å². The summed E-state index contributed by atoms with van der Waals surface area (Å²) < 4.78 is 36.9. The van der Waals surface area contributed by atoms with Crippen molar-refractivity contribution in [3.63, 3.8) is 0 Å². The first kappa shape index (κ1) is 18.3. The smallest absolute Gasteiger partial charge is 0.271 e. The Kier molecular flexibility index (Phi) is 6.27. The normalized spacial score (nSPS) is 13.1. The predicted octanol–water partition coefficient (Wildman–Crippen LogP) is 1.65. The minimum Gasteiger partial charge on any atom is -0.495 e. The van der Waals surface area contributed by atoms with Crippen LogP contribution in [0.5, 0.6) is 5.75 Å². The van der Waals surface area contributed by atoms with Gasteiger partial charge in [-0.15, -0.1) is 0 Å². The van der Waals surface area contributed by atoms with E-state index in [9.17, 15) is 18.5 Å². The summed E-state index contributed by atoms with van der Waals surface area (Å²) in [7, 11) is -1.16. The van der Waals surface area contributed by atoms with Gasteiger partial charge in [0.1, 0.15) is 10.6 Å². The van der Waals surface area contributed by atoms with Gasteiger partial charge < -0.3 is 9.47 Å². The summed E-state index contributed by atoms with van der Waals surface area (Å²) in [6.07, 6.45) is 0. The Morgan fingerprint density at radius 3 is 2.45 bits per heavy atom. The molecule has 0 aromatic heterocycles. The lowest BCUT2D eigenvalue weighted by atomic mass is 10.3. The third kappa shape index (κ3) is 3.73. The standard InChI is InChI=1S/C13H20N2O6S/c1-5-14(10(2)9-20-3)22(18,19)13-8-11(15(16)17)6-7-12(13)21-4/h6-8,10H,5,9H2,1-4H3. The van der Waals surface area contributed by atoms with Crippen LogP contribution in [-0.4, -0.2) is 51.1 Å². The fourth-order valence-corrected chi connectivity index (χ4v) is 3.95. The molecular weight excluding hydrogens is 312 g/mol. The molecule has 22 heavy (non-hydrogen) atoms. The minimum atomic E-state index is -3.95. The largest absolute Gasteiger partial charge is 0.495 e. The molecule has 0 saturated heterocycles. The zero-order valence-electron chi connectivity index (χ0n) is 13.0. The van der Waals surface area contributed by atoms with E-state index in [2.05, 4.69) is 0 Å². The highest BCUT2D eigenvalue weighted by Gasteiger charge is 2.31. The summed E-state index contributed by atoms with van der Waals surface area (Å²) in [5.74, 6) is 0.0636. The van der Waals surface area contributed by atoms with E-state index in [-0.39, 0.29) is 29.5 Å². The van der Waals surface area contributed by atoms with Gasteiger partial charge >= 0.3 is 0 Å². The van der Waals surface area contributed by atoms with Crippen LogP contribution in [0.15, 0.2) is 23.1 Å². The van der Waals surface area contributed by atoms with Gasteiger partial charge in [0.05, 0.1) is 18.6 Å². The Morgan fingerprint density at radius 1 is 1.36 bits per heavy atom. The molecule has 124 valence electrons. The van der Waals surface area contributed by atoms with E-state index in [1.807, 2.05) is 0 Å². The maximum Gasteiger partial charge on any atom is 0.271 e. The highest BCUT2D eigenvalue weighted by atomic mass is 32.2. The predicted molar refractivity (Wildman–Crippen MR) is 80.6 cm³/mol. The van der Waals surface area contributed by atoms with Crippen LogP contribution in [-0.2, 0) is 14.8 Å². The topological polar surface area (TPSA) is 99.0 Å². The fourth-order valence-electron chi connectivity index (χ4n) is 2.15. The number of nitro groups is 1. The third-order valence-electron chi connectivity index (χ3n) is 3.16. The summed E-state index contributed by atoms with van der Waals surface area (Å²) in [5.41, 5.74) is -0.310. The van der Waals surface area contributed by atoms with Gasteiger partial charge in [-0.05, 0) is 13.0 Å². The van der Waals surface area contributed by atoms with E-state index in [1.165, 1.54) is 30.7 Å². The number of sulfonamides is 1. The molecule has 0 amide bonds. The summed E-state index contributed by atoms with van der Waals surface area (Å²) in [6.45, 7) is 3.81. The molecule has 0 spiro atoms. The van der Waals surface area contributed by atoms with Gasteiger partial charge in [-0.25, -0.2) is 8.42 Å². The molecule has 0 fully saturated rings. The lowest BCUT2D eigenvalue weighted by Crippen LogP contribution is -2.41. The van der Waals surface area contributed by atoms with Crippen molar-refractivity contribution in [3.05, 3.63) is 28.3 Å². The maximum absolute atomic E-state index is 12.8. The van der Waals surface area contributed by atoms with Crippen LogP contribution in [0.3, 0.4) is 0 Å². The van der Waals surface area contributed by atoms with E-state index < -0.39 is 21.0 Å². The SMILES string of the molecule is CCN(C(C)COC)S(=O)(=O)c1cc([N+](=O)[O-])ccc1OC. The van der Waals surface area contributed by atoms with Crippen LogP contribution in [0.1, 0.15) is 13.8 Å². The molecule has 1 unspecified atom stereocenters. The molecule has 1 aromatic carbocycles. The first-order valence-corrected chi connectivity index (χ1v) is 8.06. The van der Waals surface area contributed by atoms with E-state index in [4.69, 9.17) is 9.47 Å². The molecule has 1 aromatic rings. The van der Waals surface area contributed by atoms with E-state index in [1.54, 1.807) is 13.8 Å². The maximum atomic E-state index is 12.8. The monoisotopic (exact) mass is 332 g/mol. The van der Waals surface area contributed by atoms with Crippen molar-refractivity contribution in [2.75, 3.05) is 27.4 Å². The lowest BCUT2D eigenvalue weighted by molar-refractivity contribution is -0.385. The summed E-state index contributed by atoms with van der Waals surface area (Å²) >= 11 is 0. The van der Waals surface area contributed by atoms with Crippen LogP contribution in [0, 0.1) is 10.1 Å². The van der Waals surface area contributed by atoms with Gasteiger partial charge in [-0.1, -0.05) is 6.92 Å². The lowest BCUT2D eigenvalue weighted by Gasteiger charge is -2.27. The molecule has 0 N–H and O–H groups in total. The van der Waals surface area contributed by atoms with E-state index >= 15 is 0 Å². The van der Waals surface area contributed by atoms with Gasteiger partial charge in [0.15, 0.2) is 0 Å². The summed E-state index contributed by atoms with van der Waals surface area (Å²) in [4.78, 5) is 10.0. The van der Waals surface area contributed by atoms with Gasteiger partial charge in [0.25, 0.3) is 5.69 Å². The number of hydrogen-bond acceptors (Lipinski definition) is 6. The van der Waals surface area contributed by atoms with Crippen molar-refractivity contribution in [2.45, 2.75) is 24.8 Å². The second-order valence-electron chi connectivity index (χ2n) is 4.61. The molecule has 9 heteroatoms. The zero-order chi connectivity index (χ0) is 16.9. The Hall–Kier alpha value is -1.71. The molecule has 0 aliphatic heterocycles. The number of nitrogens with zero attached hydrogens (tertiary/aromatic N) is 2. The Balaban J connectivity index is 3.42. The van der Waals surface area contributed by atoms with Crippen molar-refractivity contribution < 1.29 is 22.8 Å². The number of likely N-dealkylation sites (N-methyl/N-ethyl adjacent to an activating group) is 1. The van der Waals surface area contributed by atoms with Crippen molar-refractivity contribution in [2.24, 2.45) is 0 Å². The number of benzene rings is 1. The third-order valence-corrected chi connectivity index (χ3v) is 5.27. The summed E-state index contributed by atoms with van der Waals surface area (Å²) in [5, 5.41) is 10.9. The molecule has 1 atom stereocenters. The number of nitro benzene ring substituents is 1. The molecule has 0 aliphatic carbocycles. The second-order valence-corrected chi connectivity index (χ2v) is 6.46. The van der Waals surface area contributed by atoms with Crippen LogP contribution >= 0.6 is 0 Å². The Labute approximate surface area is 129 Å². The molecule has 0 bridgehead atoms. The first-order chi connectivity index (χ1) is 10.3. The molecule has 8 nitrogen and oxygen atoms in total. The summed E-state index contributed by atoms with van der Waals surface area (Å²) in [6, 6.07) is 3.08. The van der Waals surface area contributed by atoms with Crippen LogP contribution < -0.4 is 4.74 Å². The quantitative estimate of drug-likeness (QED) is 0.530. The Bertz CT molecular complexity index is 631. The second kappa shape index (κ2) is 7.52. The van der Waals surface area contributed by atoms with E-state index in [0.717, 1.165) is 6.07 Å². The minimum absolute atomic E-state index is 0.0636.